The minimum atomic E-state index is 0.200. The van der Waals surface area contributed by atoms with Crippen molar-refractivity contribution >= 4 is 0 Å². The van der Waals surface area contributed by atoms with Crippen LogP contribution in [0.3, 0.4) is 0 Å². The van der Waals surface area contributed by atoms with E-state index in [-0.39, 0.29) is 6.10 Å². The van der Waals surface area contributed by atoms with E-state index in [0.29, 0.717) is 23.4 Å². The Hall–Kier alpha value is -2.58. The van der Waals surface area contributed by atoms with Crippen LogP contribution in [0, 0.1) is 11.3 Å². The van der Waals surface area contributed by atoms with E-state index in [1.807, 2.05) is 30.3 Å². The molecule has 0 radical (unpaired) electrons. The van der Waals surface area contributed by atoms with Gasteiger partial charge in [-0.15, -0.1) is 0 Å². The second-order valence-electron chi connectivity index (χ2n) is 6.76. The lowest BCUT2D eigenvalue weighted by Crippen LogP contribution is -2.42. The largest absolute Gasteiger partial charge is 0.494 e. The zero-order valence-corrected chi connectivity index (χ0v) is 14.2. The Morgan fingerprint density at radius 1 is 1.20 bits per heavy atom. The van der Waals surface area contributed by atoms with Gasteiger partial charge >= 0.3 is 0 Å². The fourth-order valence-electron chi connectivity index (χ4n) is 3.93. The number of piperidine rings is 1. The molecule has 4 rings (SSSR count). The summed E-state index contributed by atoms with van der Waals surface area (Å²) in [6.07, 6.45) is 6.44. The van der Waals surface area contributed by atoms with Gasteiger partial charge in [-0.05, 0) is 56.0 Å². The van der Waals surface area contributed by atoms with Gasteiger partial charge in [-0.2, -0.15) is 5.26 Å². The number of nitrogens with zero attached hydrogens (tertiary/aromatic N) is 2. The molecule has 1 aromatic carbocycles. The lowest BCUT2D eigenvalue weighted by atomic mass is 10.0. The first kappa shape index (κ1) is 15.9. The zero-order chi connectivity index (χ0) is 17.2. The van der Waals surface area contributed by atoms with Crippen molar-refractivity contribution in [3.8, 4) is 28.8 Å². The van der Waals surface area contributed by atoms with Crippen LogP contribution < -0.4 is 14.8 Å². The molecule has 0 spiro atoms. The summed E-state index contributed by atoms with van der Waals surface area (Å²) in [7, 11) is 1.62. The number of benzene rings is 1. The minimum Gasteiger partial charge on any atom is -0.494 e. The molecule has 0 saturated carbocycles. The van der Waals surface area contributed by atoms with Crippen molar-refractivity contribution in [3.05, 3.63) is 42.1 Å². The quantitative estimate of drug-likeness (QED) is 0.928. The highest BCUT2D eigenvalue weighted by Gasteiger charge is 2.34. The van der Waals surface area contributed by atoms with E-state index in [0.717, 1.165) is 29.8 Å². The van der Waals surface area contributed by atoms with Crippen molar-refractivity contribution < 1.29 is 9.47 Å². The van der Waals surface area contributed by atoms with Gasteiger partial charge in [-0.1, -0.05) is 0 Å². The van der Waals surface area contributed by atoms with E-state index in [1.54, 1.807) is 13.3 Å². The maximum absolute atomic E-state index is 9.39. The van der Waals surface area contributed by atoms with Gasteiger partial charge in [-0.3, -0.25) is 4.98 Å². The van der Waals surface area contributed by atoms with Gasteiger partial charge in [0.1, 0.15) is 23.3 Å². The first-order valence-electron chi connectivity index (χ1n) is 8.72. The number of methoxy groups -OCH3 is 1. The Balaban J connectivity index is 1.63. The van der Waals surface area contributed by atoms with Gasteiger partial charge in [0.15, 0.2) is 0 Å². The highest BCUT2D eigenvalue weighted by Crippen LogP contribution is 2.34. The lowest BCUT2D eigenvalue weighted by molar-refractivity contribution is 0.137. The molecule has 2 aliphatic rings. The summed E-state index contributed by atoms with van der Waals surface area (Å²) < 4.78 is 11.7. The van der Waals surface area contributed by atoms with Crippen molar-refractivity contribution in [3.63, 3.8) is 0 Å². The maximum Gasteiger partial charge on any atom is 0.145 e. The van der Waals surface area contributed by atoms with Crippen molar-refractivity contribution in [1.29, 1.82) is 5.26 Å². The number of aromatic nitrogens is 1. The van der Waals surface area contributed by atoms with Crippen LogP contribution in [0.15, 0.2) is 36.5 Å². The number of fused-ring (bicyclic) bond motifs is 2. The maximum atomic E-state index is 9.39. The normalized spacial score (nSPS) is 24.6. The summed E-state index contributed by atoms with van der Waals surface area (Å²) in [6, 6.07) is 12.6. The standard InChI is InChI=1S/C20H21N3O2/c1-24-19-3-2-6-22-20(19)14-7-13(12-21)8-17(9-14)25-18-10-15-4-5-16(11-18)23-15/h2-3,6-9,15-16,18,23H,4-5,10-11H2,1H3. The van der Waals surface area contributed by atoms with Gasteiger partial charge in [0.25, 0.3) is 0 Å². The third-order valence-corrected chi connectivity index (χ3v) is 5.03. The van der Waals surface area contributed by atoms with Crippen molar-refractivity contribution in [2.75, 3.05) is 7.11 Å². The summed E-state index contributed by atoms with van der Waals surface area (Å²) in [6.45, 7) is 0. The smallest absolute Gasteiger partial charge is 0.145 e. The first-order chi connectivity index (χ1) is 12.2. The molecular weight excluding hydrogens is 314 g/mol. The highest BCUT2D eigenvalue weighted by atomic mass is 16.5. The molecule has 2 atom stereocenters. The molecule has 0 amide bonds. The summed E-state index contributed by atoms with van der Waals surface area (Å²) in [5.41, 5.74) is 2.12. The molecule has 3 heterocycles. The summed E-state index contributed by atoms with van der Waals surface area (Å²) in [5.74, 6) is 1.41. The molecule has 0 aliphatic carbocycles. The molecule has 2 unspecified atom stereocenters. The lowest BCUT2D eigenvalue weighted by Gasteiger charge is -2.29. The number of ether oxygens (including phenoxy) is 2. The van der Waals surface area contributed by atoms with E-state index in [1.165, 1.54) is 12.8 Å². The topological polar surface area (TPSA) is 67.2 Å². The van der Waals surface area contributed by atoms with Crippen LogP contribution >= 0.6 is 0 Å². The van der Waals surface area contributed by atoms with E-state index in [4.69, 9.17) is 9.47 Å². The predicted molar refractivity (Wildman–Crippen MR) is 94.5 cm³/mol. The van der Waals surface area contributed by atoms with Crippen LogP contribution in [0.25, 0.3) is 11.3 Å². The number of nitriles is 1. The van der Waals surface area contributed by atoms with Gasteiger partial charge < -0.3 is 14.8 Å². The zero-order valence-electron chi connectivity index (χ0n) is 14.2. The molecule has 2 fully saturated rings. The Bertz CT molecular complexity index is 803. The van der Waals surface area contributed by atoms with Crippen molar-refractivity contribution in [2.24, 2.45) is 0 Å². The molecule has 128 valence electrons. The summed E-state index contributed by atoms with van der Waals surface area (Å²) in [5, 5.41) is 13.0. The fourth-order valence-corrected chi connectivity index (χ4v) is 3.93. The SMILES string of the molecule is COc1cccnc1-c1cc(C#N)cc(OC2CC3CCC(C2)N3)c1. The average Bonchev–Trinajstić information content (AvgIpc) is 2.99. The van der Waals surface area contributed by atoms with Gasteiger partial charge in [0, 0.05) is 23.8 Å². The molecule has 1 aromatic heterocycles. The molecule has 1 N–H and O–H groups in total. The molecular formula is C20H21N3O2. The van der Waals surface area contributed by atoms with Gasteiger partial charge in [0.2, 0.25) is 0 Å². The van der Waals surface area contributed by atoms with Crippen LogP contribution in [0.1, 0.15) is 31.2 Å². The number of hydrogen-bond acceptors (Lipinski definition) is 5. The van der Waals surface area contributed by atoms with Crippen LogP contribution in [-0.4, -0.2) is 30.3 Å². The van der Waals surface area contributed by atoms with Gasteiger partial charge in [-0.25, -0.2) is 0 Å². The van der Waals surface area contributed by atoms with Crippen LogP contribution in [0.5, 0.6) is 11.5 Å². The Morgan fingerprint density at radius 3 is 2.72 bits per heavy atom. The van der Waals surface area contributed by atoms with Gasteiger partial charge in [0.05, 0.1) is 18.7 Å². The number of pyridine rings is 1. The molecule has 2 aliphatic heterocycles. The fraction of sp³-hybridized carbons (Fsp3) is 0.400. The molecule has 25 heavy (non-hydrogen) atoms. The molecule has 5 nitrogen and oxygen atoms in total. The average molecular weight is 335 g/mol. The molecule has 2 saturated heterocycles. The molecule has 5 heteroatoms. The van der Waals surface area contributed by atoms with E-state index in [9.17, 15) is 5.26 Å². The number of nitrogens with one attached hydrogen (secondary N) is 1. The monoisotopic (exact) mass is 335 g/mol. The van der Waals surface area contributed by atoms with Crippen LogP contribution in [-0.2, 0) is 0 Å². The first-order valence-corrected chi connectivity index (χ1v) is 8.72. The Labute approximate surface area is 147 Å². The Kier molecular flexibility index (Phi) is 4.29. The van der Waals surface area contributed by atoms with Crippen LogP contribution in [0.4, 0.5) is 0 Å². The number of rotatable bonds is 4. The number of hydrogen-bond donors (Lipinski definition) is 1. The second kappa shape index (κ2) is 6.73. The van der Waals surface area contributed by atoms with Crippen molar-refractivity contribution in [1.82, 2.24) is 10.3 Å². The summed E-state index contributed by atoms with van der Waals surface area (Å²) >= 11 is 0. The molecule has 2 aromatic rings. The highest BCUT2D eigenvalue weighted by molar-refractivity contribution is 5.69. The second-order valence-corrected chi connectivity index (χ2v) is 6.76. The van der Waals surface area contributed by atoms with Crippen LogP contribution in [0.2, 0.25) is 0 Å². The van der Waals surface area contributed by atoms with E-state index >= 15 is 0 Å². The Morgan fingerprint density at radius 2 is 2.00 bits per heavy atom. The third kappa shape index (κ3) is 3.31. The van der Waals surface area contributed by atoms with Crippen molar-refractivity contribution in [2.45, 2.75) is 43.9 Å². The van der Waals surface area contributed by atoms with E-state index in [2.05, 4.69) is 16.4 Å². The third-order valence-electron chi connectivity index (χ3n) is 5.03. The van der Waals surface area contributed by atoms with E-state index < -0.39 is 0 Å². The predicted octanol–water partition coefficient (Wildman–Crippen LogP) is 3.29. The minimum absolute atomic E-state index is 0.200. The molecule has 2 bridgehead atoms. The summed E-state index contributed by atoms with van der Waals surface area (Å²) in [4.78, 5) is 4.42.